The Hall–Kier alpha value is -0.617. The first-order chi connectivity index (χ1) is 18.3. The van der Waals surface area contributed by atoms with E-state index in [2.05, 4.69) is 97.9 Å². The van der Waals surface area contributed by atoms with Crippen molar-refractivity contribution < 1.29 is 48.0 Å². The summed E-state index contributed by atoms with van der Waals surface area (Å²) in [6.07, 6.45) is 11.8. The minimum absolute atomic E-state index is 0. The average molecular weight is 667 g/mol. The van der Waals surface area contributed by atoms with Gasteiger partial charge in [0.1, 0.15) is 0 Å². The van der Waals surface area contributed by atoms with Crippen LogP contribution in [0.1, 0.15) is 120 Å². The van der Waals surface area contributed by atoms with E-state index in [1.54, 1.807) is 27.8 Å². The molecule has 0 amide bonds. The maximum absolute atomic E-state index is 2.67. The van der Waals surface area contributed by atoms with Crippen molar-refractivity contribution in [2.24, 2.45) is 29.1 Å². The summed E-state index contributed by atoms with van der Waals surface area (Å²) in [5, 5.41) is 0. The molecule has 0 nitrogen and oxygen atoms in total. The van der Waals surface area contributed by atoms with Gasteiger partial charge in [0.05, 0.1) is 0 Å². The van der Waals surface area contributed by atoms with Gasteiger partial charge in [0.25, 0.3) is 0 Å². The van der Waals surface area contributed by atoms with Gasteiger partial charge in [-0.05, 0) is 0 Å². The fourth-order valence-corrected chi connectivity index (χ4v) is 14.9. The number of benzene rings is 2. The zero-order valence-corrected chi connectivity index (χ0v) is 30.4. The van der Waals surface area contributed by atoms with Crippen molar-refractivity contribution in [3.05, 3.63) is 79.2 Å². The van der Waals surface area contributed by atoms with Gasteiger partial charge in [0, 0.05) is 0 Å². The van der Waals surface area contributed by atoms with Crippen molar-refractivity contribution >= 4 is 0 Å². The Kier molecular flexibility index (Phi) is 8.36. The third-order valence-corrected chi connectivity index (χ3v) is 16.0. The molecule has 2 aromatic rings. The molecule has 8 rings (SSSR count). The van der Waals surface area contributed by atoms with Crippen molar-refractivity contribution in [2.45, 2.75) is 108 Å². The molecule has 41 heavy (non-hydrogen) atoms. The Morgan fingerprint density at radius 3 is 1.56 bits per heavy atom. The Morgan fingerprint density at radius 2 is 1.15 bits per heavy atom. The molecule has 2 aromatic carbocycles. The molecule has 0 N–H and O–H groups in total. The second kappa shape index (κ2) is 10.8. The molecule has 0 heterocycles. The largest absolute Gasteiger partial charge is 1.00 e. The Morgan fingerprint density at radius 1 is 0.707 bits per heavy atom. The smallest absolute Gasteiger partial charge is 1.00 e. The summed E-state index contributed by atoms with van der Waals surface area (Å²) >= 11 is -0.917. The first-order valence-electron chi connectivity index (χ1n) is 15.8. The van der Waals surface area contributed by atoms with E-state index in [-0.39, 0.29) is 35.6 Å². The van der Waals surface area contributed by atoms with Gasteiger partial charge in [0.15, 0.2) is 0 Å². The van der Waals surface area contributed by atoms with Crippen LogP contribution in [0.3, 0.4) is 0 Å². The van der Waals surface area contributed by atoms with Gasteiger partial charge >= 0.3 is 251 Å². The van der Waals surface area contributed by atoms with Gasteiger partial charge in [-0.1, -0.05) is 0 Å². The third kappa shape index (κ3) is 5.25. The van der Waals surface area contributed by atoms with Crippen molar-refractivity contribution in [3.63, 3.8) is 0 Å². The van der Waals surface area contributed by atoms with Crippen LogP contribution in [-0.4, -0.2) is 0 Å². The standard InChI is InChI=1S/C21H25.C17H23.2ClH.Zr/c1-20(2,3)16-9-7-14-11-15-8-10-17(21(4,5)6)13-19(15)18(14)12-16;1-11-3-12(2)16(4-11)17-8-13-5-14(9-17)7-15(6-13)10-17;;;/h7-13H,1-6H3;3,11,13-15H,5-10H2,1-2H3;2*1H;/q;;;;+2/p-2. The molecule has 4 fully saturated rings. The van der Waals surface area contributed by atoms with E-state index in [0.29, 0.717) is 15.0 Å². The fraction of sp³-hybridized carbons (Fsp3) is 0.579. The van der Waals surface area contributed by atoms with Crippen molar-refractivity contribution in [3.8, 4) is 11.1 Å². The molecule has 218 valence electrons. The number of hydrogen-bond donors (Lipinski definition) is 0. The van der Waals surface area contributed by atoms with E-state index >= 15 is 0 Å². The molecular formula is C38H48Cl2Zr. The van der Waals surface area contributed by atoms with Gasteiger partial charge < -0.3 is 24.8 Å². The van der Waals surface area contributed by atoms with Gasteiger partial charge in [-0.25, -0.2) is 0 Å². The molecule has 0 spiro atoms. The van der Waals surface area contributed by atoms with Gasteiger partial charge in [0.2, 0.25) is 0 Å². The van der Waals surface area contributed by atoms with E-state index in [1.165, 1.54) is 49.7 Å². The molecule has 0 radical (unpaired) electrons. The summed E-state index contributed by atoms with van der Waals surface area (Å²) in [5.74, 6) is 3.69. The summed E-state index contributed by atoms with van der Waals surface area (Å²) in [4.78, 5) is 0. The third-order valence-electron chi connectivity index (χ3n) is 11.2. The summed E-state index contributed by atoms with van der Waals surface area (Å²) < 4.78 is 2.60. The van der Waals surface area contributed by atoms with E-state index in [1.807, 2.05) is 8.85 Å². The van der Waals surface area contributed by atoms with Crippen molar-refractivity contribution in [1.29, 1.82) is 0 Å². The molecule has 0 aliphatic heterocycles. The first kappa shape index (κ1) is 31.8. The predicted molar refractivity (Wildman–Crippen MR) is 162 cm³/mol. The molecular weight excluding hydrogens is 619 g/mol. The van der Waals surface area contributed by atoms with Gasteiger partial charge in [-0.3, -0.25) is 0 Å². The normalized spacial score (nSPS) is 29.9. The van der Waals surface area contributed by atoms with E-state index in [0.717, 1.165) is 17.8 Å². The molecule has 0 saturated heterocycles. The van der Waals surface area contributed by atoms with Gasteiger partial charge in [-0.2, -0.15) is 0 Å². The monoisotopic (exact) mass is 664 g/mol. The maximum atomic E-state index is 2.67. The quantitative estimate of drug-likeness (QED) is 0.453. The molecule has 4 saturated carbocycles. The maximum Gasteiger partial charge on any atom is -1.00 e. The number of allylic oxidation sites excluding steroid dienone is 4. The summed E-state index contributed by atoms with van der Waals surface area (Å²) in [6.45, 7) is 19.2. The summed E-state index contributed by atoms with van der Waals surface area (Å²) in [6, 6.07) is 15.1. The number of halogens is 2. The number of fused-ring (bicyclic) bond motifs is 3. The van der Waals surface area contributed by atoms with Crippen LogP contribution < -0.4 is 24.8 Å². The molecule has 3 heteroatoms. The molecule has 6 aliphatic carbocycles. The topological polar surface area (TPSA) is 0 Å². The van der Waals surface area contributed by atoms with Crippen LogP contribution in [0.2, 0.25) is 0 Å². The Bertz CT molecular complexity index is 1310. The predicted octanol–water partition coefficient (Wildman–Crippen LogP) is 4.51. The van der Waals surface area contributed by atoms with Crippen LogP contribution in [0.25, 0.3) is 11.1 Å². The molecule has 1 atom stereocenters. The number of rotatable bonds is 3. The van der Waals surface area contributed by atoms with Crippen LogP contribution in [0, 0.1) is 29.1 Å². The Labute approximate surface area is 274 Å². The van der Waals surface area contributed by atoms with Crippen molar-refractivity contribution in [2.75, 3.05) is 0 Å². The van der Waals surface area contributed by atoms with Crippen LogP contribution in [0.4, 0.5) is 0 Å². The van der Waals surface area contributed by atoms with E-state index < -0.39 is 23.2 Å². The fourth-order valence-electron chi connectivity index (χ4n) is 9.80. The van der Waals surface area contributed by atoms with Crippen molar-refractivity contribution in [1.82, 2.24) is 0 Å². The second-order valence-corrected chi connectivity index (χ2v) is 19.8. The van der Waals surface area contributed by atoms with Crippen LogP contribution in [-0.2, 0) is 34.1 Å². The molecule has 4 bridgehead atoms. The second-order valence-electron chi connectivity index (χ2n) is 16.3. The minimum Gasteiger partial charge on any atom is -1.00 e. The SMILES string of the molecule is CC1=CC(C)[C]([Zr+2][CH]2c3ccc(C(C)(C)C)cc3-c3cc(C(C)(C)C)ccc32)=C1C12CC3CC(CC(C3)C1)C2.[Cl-].[Cl-]. The number of hydrogen-bond acceptors (Lipinski definition) is 0. The van der Waals surface area contributed by atoms with Gasteiger partial charge in [-0.15, -0.1) is 0 Å². The molecule has 0 aromatic heterocycles. The summed E-state index contributed by atoms with van der Waals surface area (Å²) in [7, 11) is 0. The van der Waals surface area contributed by atoms with Crippen LogP contribution in [0.15, 0.2) is 56.9 Å². The Balaban J connectivity index is 0.00000169. The van der Waals surface area contributed by atoms with Crippen LogP contribution in [0.5, 0.6) is 0 Å². The minimum atomic E-state index is -0.917. The molecule has 6 aliphatic rings. The average Bonchev–Trinajstić information content (AvgIpc) is 3.30. The van der Waals surface area contributed by atoms with E-state index in [9.17, 15) is 0 Å². The zero-order valence-electron chi connectivity index (χ0n) is 26.4. The zero-order chi connectivity index (χ0) is 27.5. The van der Waals surface area contributed by atoms with Crippen LogP contribution >= 0.6 is 0 Å². The van der Waals surface area contributed by atoms with E-state index in [4.69, 9.17) is 0 Å². The molecule has 1 unspecified atom stereocenters. The summed E-state index contributed by atoms with van der Waals surface area (Å²) in [5.41, 5.74) is 13.8. The first-order valence-corrected chi connectivity index (χ1v) is 18.5.